The number of hydrogen-bond donors (Lipinski definition) is 2. The lowest BCUT2D eigenvalue weighted by molar-refractivity contribution is 0.0696. The van der Waals surface area contributed by atoms with Gasteiger partial charge in [0, 0.05) is 5.56 Å². The third-order valence-electron chi connectivity index (χ3n) is 4.58. The van der Waals surface area contributed by atoms with Crippen molar-refractivity contribution in [2.75, 3.05) is 14.2 Å². The third-order valence-corrected chi connectivity index (χ3v) is 4.87. The number of hydrogen-bond acceptors (Lipinski definition) is 6. The summed E-state index contributed by atoms with van der Waals surface area (Å²) in [6.07, 6.45) is 1.46. The number of halogens is 1. The predicted molar refractivity (Wildman–Crippen MR) is 124 cm³/mol. The summed E-state index contributed by atoms with van der Waals surface area (Å²) in [4.78, 5) is 23.2. The Morgan fingerprint density at radius 3 is 2.24 bits per heavy atom. The zero-order valence-corrected chi connectivity index (χ0v) is 18.6. The van der Waals surface area contributed by atoms with Crippen LogP contribution in [-0.4, -0.2) is 37.4 Å². The fourth-order valence-electron chi connectivity index (χ4n) is 2.83. The second-order valence-electron chi connectivity index (χ2n) is 6.75. The fraction of sp³-hybridized carbons (Fsp3) is 0.125. The van der Waals surface area contributed by atoms with Gasteiger partial charge in [0.2, 0.25) is 0 Å². The highest BCUT2D eigenvalue weighted by molar-refractivity contribution is 6.32. The van der Waals surface area contributed by atoms with Crippen LogP contribution >= 0.6 is 11.6 Å². The van der Waals surface area contributed by atoms with Crippen LogP contribution in [0.25, 0.3) is 0 Å². The van der Waals surface area contributed by atoms with Crippen molar-refractivity contribution in [2.45, 2.75) is 6.61 Å². The van der Waals surface area contributed by atoms with E-state index in [0.29, 0.717) is 33.4 Å². The molecular weight excluding hydrogens is 448 g/mol. The number of hydrazone groups is 1. The molecular formula is C24H21ClN2O6. The van der Waals surface area contributed by atoms with Crippen LogP contribution in [0.3, 0.4) is 0 Å². The molecule has 0 spiro atoms. The standard InChI is InChI=1S/C24H21ClN2O6/c1-31-21-10-8-18(12-22(21)32-2)23(28)27-26-13-16-5-9-20(19(25)11-16)33-14-15-3-6-17(7-4-15)24(29)30/h3-13H,14H2,1-2H3,(H,27,28)(H,29,30)/b26-13+. The van der Waals surface area contributed by atoms with Crippen LogP contribution in [-0.2, 0) is 6.61 Å². The second kappa shape index (κ2) is 11.0. The van der Waals surface area contributed by atoms with Crippen LogP contribution < -0.4 is 19.6 Å². The lowest BCUT2D eigenvalue weighted by Crippen LogP contribution is -2.17. The van der Waals surface area contributed by atoms with E-state index in [-0.39, 0.29) is 12.2 Å². The maximum Gasteiger partial charge on any atom is 0.335 e. The summed E-state index contributed by atoms with van der Waals surface area (Å²) in [5.74, 6) is 0.0291. The van der Waals surface area contributed by atoms with Gasteiger partial charge in [-0.2, -0.15) is 5.10 Å². The largest absolute Gasteiger partial charge is 0.493 e. The van der Waals surface area contributed by atoms with E-state index in [0.717, 1.165) is 5.56 Å². The number of carbonyl (C=O) groups excluding carboxylic acids is 1. The number of nitrogens with one attached hydrogen (secondary N) is 1. The summed E-state index contributed by atoms with van der Waals surface area (Å²) in [5, 5.41) is 13.3. The summed E-state index contributed by atoms with van der Waals surface area (Å²) >= 11 is 6.28. The minimum atomic E-state index is -0.984. The van der Waals surface area contributed by atoms with Crippen molar-refractivity contribution in [3.05, 3.63) is 87.9 Å². The van der Waals surface area contributed by atoms with Gasteiger partial charge in [0.1, 0.15) is 12.4 Å². The predicted octanol–water partition coefficient (Wildman–Crippen LogP) is 4.40. The van der Waals surface area contributed by atoms with Gasteiger partial charge < -0.3 is 19.3 Å². The van der Waals surface area contributed by atoms with Crippen LogP contribution in [0.4, 0.5) is 0 Å². The number of benzene rings is 3. The molecule has 3 aromatic carbocycles. The number of rotatable bonds is 9. The molecule has 0 fully saturated rings. The van der Waals surface area contributed by atoms with Crippen LogP contribution in [0.5, 0.6) is 17.2 Å². The van der Waals surface area contributed by atoms with Crippen LogP contribution in [0.2, 0.25) is 5.02 Å². The van der Waals surface area contributed by atoms with Crippen molar-refractivity contribution < 1.29 is 28.9 Å². The first-order valence-corrected chi connectivity index (χ1v) is 10.1. The Bertz CT molecular complexity index is 1180. The van der Waals surface area contributed by atoms with E-state index < -0.39 is 11.9 Å². The van der Waals surface area contributed by atoms with Crippen molar-refractivity contribution in [3.63, 3.8) is 0 Å². The maximum absolute atomic E-state index is 12.3. The Kier molecular flexibility index (Phi) is 7.88. The summed E-state index contributed by atoms with van der Waals surface area (Å²) in [7, 11) is 3.01. The number of methoxy groups -OCH3 is 2. The Labute approximate surface area is 195 Å². The van der Waals surface area contributed by atoms with Gasteiger partial charge in [-0.3, -0.25) is 4.79 Å². The SMILES string of the molecule is COc1ccc(C(=O)N/N=C/c2ccc(OCc3ccc(C(=O)O)cc3)c(Cl)c2)cc1OC. The van der Waals surface area contributed by atoms with E-state index in [2.05, 4.69) is 10.5 Å². The molecule has 3 aromatic rings. The molecule has 9 heteroatoms. The van der Waals surface area contributed by atoms with Gasteiger partial charge in [-0.05, 0) is 59.7 Å². The molecule has 0 aliphatic rings. The fourth-order valence-corrected chi connectivity index (χ4v) is 3.07. The van der Waals surface area contributed by atoms with Gasteiger partial charge in [0.25, 0.3) is 5.91 Å². The molecule has 0 bridgehead atoms. The lowest BCUT2D eigenvalue weighted by Gasteiger charge is -2.09. The summed E-state index contributed by atoms with van der Waals surface area (Å²) in [5.41, 5.74) is 4.48. The highest BCUT2D eigenvalue weighted by Gasteiger charge is 2.10. The first kappa shape index (κ1) is 23.6. The van der Waals surface area contributed by atoms with Crippen molar-refractivity contribution >= 4 is 29.7 Å². The average molecular weight is 469 g/mol. The molecule has 1 amide bonds. The van der Waals surface area contributed by atoms with Gasteiger partial charge >= 0.3 is 5.97 Å². The van der Waals surface area contributed by atoms with Crippen LogP contribution in [0.1, 0.15) is 31.8 Å². The molecule has 0 aliphatic carbocycles. The van der Waals surface area contributed by atoms with E-state index in [4.69, 9.17) is 30.9 Å². The Hall–Kier alpha value is -4.04. The number of carbonyl (C=O) groups is 2. The summed E-state index contributed by atoms with van der Waals surface area (Å²) in [6, 6.07) is 16.3. The minimum absolute atomic E-state index is 0.207. The van der Waals surface area contributed by atoms with Gasteiger partial charge in [-0.1, -0.05) is 23.7 Å². The molecule has 0 aromatic heterocycles. The molecule has 0 saturated heterocycles. The van der Waals surface area contributed by atoms with Crippen molar-refractivity contribution in [2.24, 2.45) is 5.10 Å². The normalized spacial score (nSPS) is 10.6. The number of amides is 1. The quantitative estimate of drug-likeness (QED) is 0.356. The minimum Gasteiger partial charge on any atom is -0.493 e. The van der Waals surface area contributed by atoms with Gasteiger partial charge in [0.05, 0.1) is 31.0 Å². The van der Waals surface area contributed by atoms with E-state index in [1.54, 1.807) is 48.5 Å². The first-order valence-electron chi connectivity index (χ1n) is 9.71. The molecule has 0 radical (unpaired) electrons. The highest BCUT2D eigenvalue weighted by Crippen LogP contribution is 2.28. The molecule has 170 valence electrons. The summed E-state index contributed by atoms with van der Waals surface area (Å²) in [6.45, 7) is 0.231. The number of carboxylic acids is 1. The molecule has 0 heterocycles. The van der Waals surface area contributed by atoms with Crippen molar-refractivity contribution in [1.29, 1.82) is 0 Å². The summed E-state index contributed by atoms with van der Waals surface area (Å²) < 4.78 is 16.1. The topological polar surface area (TPSA) is 106 Å². The smallest absolute Gasteiger partial charge is 0.335 e. The van der Waals surface area contributed by atoms with E-state index >= 15 is 0 Å². The molecule has 0 saturated carbocycles. The second-order valence-corrected chi connectivity index (χ2v) is 7.16. The third kappa shape index (κ3) is 6.24. The lowest BCUT2D eigenvalue weighted by atomic mass is 10.1. The average Bonchev–Trinajstić information content (AvgIpc) is 2.83. The maximum atomic E-state index is 12.3. The Morgan fingerprint density at radius 1 is 0.939 bits per heavy atom. The van der Waals surface area contributed by atoms with E-state index in [1.807, 2.05) is 0 Å². The zero-order valence-electron chi connectivity index (χ0n) is 17.9. The molecule has 0 unspecified atom stereocenters. The number of aromatic carboxylic acids is 1. The number of ether oxygens (including phenoxy) is 3. The number of nitrogens with zero attached hydrogens (tertiary/aromatic N) is 1. The monoisotopic (exact) mass is 468 g/mol. The first-order chi connectivity index (χ1) is 15.9. The van der Waals surface area contributed by atoms with Crippen LogP contribution in [0, 0.1) is 0 Å². The highest BCUT2D eigenvalue weighted by atomic mass is 35.5. The zero-order chi connectivity index (χ0) is 23.8. The molecule has 3 rings (SSSR count). The number of carboxylic acid groups (broad SMARTS) is 1. The molecule has 2 N–H and O–H groups in total. The molecule has 33 heavy (non-hydrogen) atoms. The van der Waals surface area contributed by atoms with E-state index in [1.165, 1.54) is 32.6 Å². The van der Waals surface area contributed by atoms with E-state index in [9.17, 15) is 9.59 Å². The Balaban J connectivity index is 1.58. The Morgan fingerprint density at radius 2 is 1.61 bits per heavy atom. The van der Waals surface area contributed by atoms with Crippen LogP contribution in [0.15, 0.2) is 65.8 Å². The van der Waals surface area contributed by atoms with Gasteiger partial charge in [0.15, 0.2) is 11.5 Å². The van der Waals surface area contributed by atoms with Gasteiger partial charge in [-0.25, -0.2) is 10.2 Å². The molecule has 0 aliphatic heterocycles. The molecule has 8 nitrogen and oxygen atoms in total. The molecule has 0 atom stereocenters. The van der Waals surface area contributed by atoms with Crippen molar-refractivity contribution in [3.8, 4) is 17.2 Å². The van der Waals surface area contributed by atoms with Gasteiger partial charge in [-0.15, -0.1) is 0 Å². The van der Waals surface area contributed by atoms with Crippen molar-refractivity contribution in [1.82, 2.24) is 5.43 Å².